The number of nitrogens with one attached hydrogen (secondary N) is 2. The molecule has 4 nitrogen and oxygen atoms in total. The maximum absolute atomic E-state index is 12.4. The number of benzene rings is 2. The van der Waals surface area contributed by atoms with Gasteiger partial charge in [0.25, 0.3) is 0 Å². The standard InChI is InChI=1S/C30H42N2O2/c1-5-10-22(3)28(33)31-26-16-12-24(13-17-26)30(20-8-7-9-21-30)25-14-18-27(19-15-25)32-29(34)23(4)11-6-2/h12-19,22-23H,5-11,20-21H2,1-4H3,(H,31,33)(H,32,34)/t22-,23-/m0/s1. The number of carbonyl (C=O) groups is 2. The van der Waals surface area contributed by atoms with Crippen molar-refractivity contribution < 1.29 is 9.59 Å². The van der Waals surface area contributed by atoms with Crippen LogP contribution in [0.25, 0.3) is 0 Å². The van der Waals surface area contributed by atoms with Crippen molar-refractivity contribution in [3.05, 3.63) is 59.7 Å². The van der Waals surface area contributed by atoms with Crippen LogP contribution in [0.1, 0.15) is 96.6 Å². The van der Waals surface area contributed by atoms with Crippen molar-refractivity contribution in [1.82, 2.24) is 0 Å². The van der Waals surface area contributed by atoms with Crippen LogP contribution in [0.5, 0.6) is 0 Å². The van der Waals surface area contributed by atoms with E-state index < -0.39 is 0 Å². The number of rotatable bonds is 10. The molecule has 2 atom stereocenters. The summed E-state index contributed by atoms with van der Waals surface area (Å²) in [5.74, 6) is 0.234. The number of hydrogen-bond donors (Lipinski definition) is 2. The molecule has 0 unspecified atom stereocenters. The topological polar surface area (TPSA) is 58.2 Å². The Morgan fingerprint density at radius 2 is 1.09 bits per heavy atom. The molecule has 2 aromatic rings. The van der Waals surface area contributed by atoms with Gasteiger partial charge in [-0.05, 0) is 61.1 Å². The van der Waals surface area contributed by atoms with Gasteiger partial charge in [0.2, 0.25) is 11.8 Å². The lowest BCUT2D eigenvalue weighted by molar-refractivity contribution is -0.120. The van der Waals surface area contributed by atoms with Crippen molar-refractivity contribution >= 4 is 23.2 Å². The van der Waals surface area contributed by atoms with Gasteiger partial charge in [0.1, 0.15) is 0 Å². The first-order valence-electron chi connectivity index (χ1n) is 13.2. The Morgan fingerprint density at radius 1 is 0.706 bits per heavy atom. The highest BCUT2D eigenvalue weighted by Gasteiger charge is 2.35. The fourth-order valence-electron chi connectivity index (χ4n) is 5.30. The Labute approximate surface area is 205 Å². The van der Waals surface area contributed by atoms with Crippen molar-refractivity contribution in [3.63, 3.8) is 0 Å². The predicted molar refractivity (Wildman–Crippen MR) is 142 cm³/mol. The molecule has 0 spiro atoms. The minimum Gasteiger partial charge on any atom is -0.326 e. The molecule has 0 saturated heterocycles. The maximum Gasteiger partial charge on any atom is 0.227 e. The van der Waals surface area contributed by atoms with Crippen LogP contribution in [0.3, 0.4) is 0 Å². The van der Waals surface area contributed by atoms with E-state index in [1.54, 1.807) is 0 Å². The second kappa shape index (κ2) is 12.2. The summed E-state index contributed by atoms with van der Waals surface area (Å²) in [5, 5.41) is 6.15. The minimum atomic E-state index is -0.0195. The monoisotopic (exact) mass is 462 g/mol. The zero-order valence-corrected chi connectivity index (χ0v) is 21.5. The van der Waals surface area contributed by atoms with E-state index in [0.29, 0.717) is 0 Å². The summed E-state index contributed by atoms with van der Waals surface area (Å²) in [4.78, 5) is 24.8. The summed E-state index contributed by atoms with van der Waals surface area (Å²) in [7, 11) is 0. The number of amides is 2. The first-order chi connectivity index (χ1) is 16.4. The van der Waals surface area contributed by atoms with Gasteiger partial charge in [0.05, 0.1) is 0 Å². The van der Waals surface area contributed by atoms with Gasteiger partial charge in [0.15, 0.2) is 0 Å². The normalized spacial score (nSPS) is 16.9. The van der Waals surface area contributed by atoms with Crippen LogP contribution in [-0.4, -0.2) is 11.8 Å². The van der Waals surface area contributed by atoms with E-state index in [1.807, 2.05) is 38.1 Å². The van der Waals surface area contributed by atoms with E-state index in [1.165, 1.54) is 30.4 Å². The molecule has 4 heteroatoms. The lowest BCUT2D eigenvalue weighted by Gasteiger charge is -2.39. The molecule has 1 aliphatic carbocycles. The van der Waals surface area contributed by atoms with Crippen LogP contribution in [0.2, 0.25) is 0 Å². The second-order valence-electron chi connectivity index (χ2n) is 10.2. The molecule has 1 fully saturated rings. The molecular formula is C30H42N2O2. The lowest BCUT2D eigenvalue weighted by Crippen LogP contribution is -2.30. The fourth-order valence-corrected chi connectivity index (χ4v) is 5.30. The predicted octanol–water partition coefficient (Wildman–Crippen LogP) is 7.69. The van der Waals surface area contributed by atoms with Crippen molar-refractivity contribution in [2.24, 2.45) is 11.8 Å². The fraction of sp³-hybridized carbons (Fsp3) is 0.533. The summed E-state index contributed by atoms with van der Waals surface area (Å²) < 4.78 is 0. The third-order valence-corrected chi connectivity index (χ3v) is 7.46. The Hall–Kier alpha value is -2.62. The molecule has 1 saturated carbocycles. The van der Waals surface area contributed by atoms with Crippen LogP contribution in [-0.2, 0) is 15.0 Å². The van der Waals surface area contributed by atoms with Crippen molar-refractivity contribution in [3.8, 4) is 0 Å². The molecule has 0 aromatic heterocycles. The first-order valence-corrected chi connectivity index (χ1v) is 13.2. The van der Waals surface area contributed by atoms with Crippen LogP contribution >= 0.6 is 0 Å². The molecule has 3 rings (SSSR count). The number of anilines is 2. The molecule has 0 aliphatic heterocycles. The summed E-state index contributed by atoms with van der Waals surface area (Å²) in [6.45, 7) is 8.19. The van der Waals surface area contributed by atoms with Gasteiger partial charge >= 0.3 is 0 Å². The van der Waals surface area contributed by atoms with Crippen LogP contribution < -0.4 is 10.6 Å². The summed E-state index contributed by atoms with van der Waals surface area (Å²) in [6, 6.07) is 16.9. The molecule has 0 radical (unpaired) electrons. The third-order valence-electron chi connectivity index (χ3n) is 7.46. The molecule has 0 heterocycles. The van der Waals surface area contributed by atoms with Crippen LogP contribution in [0.4, 0.5) is 11.4 Å². The van der Waals surface area contributed by atoms with E-state index >= 15 is 0 Å². The average Bonchev–Trinajstić information content (AvgIpc) is 2.85. The highest BCUT2D eigenvalue weighted by atomic mass is 16.2. The quantitative estimate of drug-likeness (QED) is 0.380. The number of hydrogen-bond acceptors (Lipinski definition) is 2. The SMILES string of the molecule is CCC[C@H](C)C(=O)Nc1ccc(C2(c3ccc(NC(=O)[C@@H](C)CCC)cc3)CCCCC2)cc1. The lowest BCUT2D eigenvalue weighted by atomic mass is 9.65. The minimum absolute atomic E-state index is 0.0195. The zero-order valence-electron chi connectivity index (χ0n) is 21.5. The Morgan fingerprint density at radius 3 is 1.44 bits per heavy atom. The Bertz CT molecular complexity index is 856. The molecule has 34 heavy (non-hydrogen) atoms. The maximum atomic E-state index is 12.4. The molecular weight excluding hydrogens is 420 g/mol. The van der Waals surface area contributed by atoms with Gasteiger partial charge in [-0.2, -0.15) is 0 Å². The van der Waals surface area contributed by atoms with Gasteiger partial charge in [-0.3, -0.25) is 9.59 Å². The van der Waals surface area contributed by atoms with Crippen molar-refractivity contribution in [2.75, 3.05) is 10.6 Å². The first kappa shape index (κ1) is 26.0. The molecule has 2 amide bonds. The van der Waals surface area contributed by atoms with E-state index in [2.05, 4.69) is 48.7 Å². The van der Waals surface area contributed by atoms with Gasteiger partial charge in [-0.1, -0.05) is 84.1 Å². The molecule has 0 bridgehead atoms. The zero-order chi connectivity index (χ0) is 24.6. The second-order valence-corrected chi connectivity index (χ2v) is 10.2. The van der Waals surface area contributed by atoms with Gasteiger partial charge in [-0.15, -0.1) is 0 Å². The van der Waals surface area contributed by atoms with Gasteiger partial charge < -0.3 is 10.6 Å². The smallest absolute Gasteiger partial charge is 0.227 e. The molecule has 184 valence electrons. The average molecular weight is 463 g/mol. The van der Waals surface area contributed by atoms with Crippen molar-refractivity contribution in [2.45, 2.75) is 90.9 Å². The van der Waals surface area contributed by atoms with E-state index in [0.717, 1.165) is 49.9 Å². The summed E-state index contributed by atoms with van der Waals surface area (Å²) >= 11 is 0. The Kier molecular flexibility index (Phi) is 9.32. The highest BCUT2D eigenvalue weighted by Crippen LogP contribution is 2.45. The Balaban J connectivity index is 1.78. The van der Waals surface area contributed by atoms with E-state index in [-0.39, 0.29) is 29.1 Å². The number of carbonyl (C=O) groups excluding carboxylic acids is 2. The molecule has 1 aliphatic rings. The summed E-state index contributed by atoms with van der Waals surface area (Å²) in [5.41, 5.74) is 4.32. The highest BCUT2D eigenvalue weighted by molar-refractivity contribution is 5.92. The van der Waals surface area contributed by atoms with Crippen LogP contribution in [0.15, 0.2) is 48.5 Å². The molecule has 2 aromatic carbocycles. The van der Waals surface area contributed by atoms with E-state index in [4.69, 9.17) is 0 Å². The van der Waals surface area contributed by atoms with E-state index in [9.17, 15) is 9.59 Å². The van der Waals surface area contributed by atoms with Crippen molar-refractivity contribution in [1.29, 1.82) is 0 Å². The largest absolute Gasteiger partial charge is 0.326 e. The van der Waals surface area contributed by atoms with Gasteiger partial charge in [-0.25, -0.2) is 0 Å². The third kappa shape index (κ3) is 6.28. The van der Waals surface area contributed by atoms with Crippen LogP contribution in [0, 0.1) is 11.8 Å². The molecule has 2 N–H and O–H groups in total. The van der Waals surface area contributed by atoms with Gasteiger partial charge in [0, 0.05) is 28.6 Å². The summed E-state index contributed by atoms with van der Waals surface area (Å²) in [6.07, 6.45) is 9.75.